The van der Waals surface area contributed by atoms with Gasteiger partial charge in [0.25, 0.3) is 0 Å². The third-order valence-corrected chi connectivity index (χ3v) is 4.44. The minimum atomic E-state index is -0.531. The molecule has 0 fully saturated rings. The molecule has 0 saturated carbocycles. The highest BCUT2D eigenvalue weighted by molar-refractivity contribution is 6.01. The van der Waals surface area contributed by atoms with Gasteiger partial charge in [-0.15, -0.1) is 0 Å². The summed E-state index contributed by atoms with van der Waals surface area (Å²) in [5, 5.41) is 6.20. The summed E-state index contributed by atoms with van der Waals surface area (Å²) in [6.45, 7) is 5.70. The Bertz CT molecular complexity index is 986. The molecule has 3 aromatic rings. The molecule has 1 aromatic carbocycles. The van der Waals surface area contributed by atoms with E-state index < -0.39 is 5.41 Å². The van der Waals surface area contributed by atoms with E-state index >= 15 is 0 Å². The smallest absolute Gasteiger partial charge is 0.248 e. The maximum Gasteiger partial charge on any atom is 0.248 e. The molecule has 0 spiro atoms. The number of aromatic nitrogens is 2. The molecule has 1 amide bonds. The van der Waals surface area contributed by atoms with Crippen LogP contribution in [0.2, 0.25) is 0 Å². The minimum absolute atomic E-state index is 0.0247. The Hall–Kier alpha value is -3.02. The van der Waals surface area contributed by atoms with E-state index in [-0.39, 0.29) is 11.9 Å². The fourth-order valence-electron chi connectivity index (χ4n) is 3.08. The summed E-state index contributed by atoms with van der Waals surface area (Å²) >= 11 is 0. The number of furan rings is 1. The molecular weight excluding hydrogens is 328 g/mol. The van der Waals surface area contributed by atoms with Gasteiger partial charge in [0, 0.05) is 24.2 Å². The summed E-state index contributed by atoms with van der Waals surface area (Å²) < 4.78 is 5.49. The number of nitrogens with zero attached hydrogens (tertiary/aromatic N) is 4. The zero-order valence-corrected chi connectivity index (χ0v) is 15.0. The van der Waals surface area contributed by atoms with E-state index in [1.165, 1.54) is 0 Å². The summed E-state index contributed by atoms with van der Waals surface area (Å²) in [5.41, 5.74) is 2.87. The van der Waals surface area contributed by atoms with Gasteiger partial charge in [-0.1, -0.05) is 26.8 Å². The summed E-state index contributed by atoms with van der Waals surface area (Å²) in [6.07, 6.45) is 5.56. The summed E-state index contributed by atoms with van der Waals surface area (Å²) in [6, 6.07) is 9.41. The number of fused-ring (bicyclic) bond motifs is 1. The van der Waals surface area contributed by atoms with E-state index in [1.807, 2.05) is 51.1 Å². The van der Waals surface area contributed by atoms with Crippen LogP contribution in [0.4, 0.5) is 0 Å². The Morgan fingerprint density at radius 3 is 2.62 bits per heavy atom. The van der Waals surface area contributed by atoms with Crippen LogP contribution in [-0.4, -0.2) is 26.6 Å². The Kier molecular flexibility index (Phi) is 3.83. The van der Waals surface area contributed by atoms with E-state index in [4.69, 9.17) is 4.42 Å². The van der Waals surface area contributed by atoms with Crippen molar-refractivity contribution in [1.29, 1.82) is 0 Å². The maximum absolute atomic E-state index is 13.0. The van der Waals surface area contributed by atoms with Crippen LogP contribution in [0.25, 0.3) is 11.0 Å². The fourth-order valence-corrected chi connectivity index (χ4v) is 3.08. The van der Waals surface area contributed by atoms with Crippen molar-refractivity contribution in [3.05, 3.63) is 60.3 Å². The van der Waals surface area contributed by atoms with Gasteiger partial charge in [-0.25, -0.2) is 5.01 Å². The SMILES string of the molecule is CC(C)(C)C(=O)N1N=C(c2ccco2)CC1c1ccc2nccnc2c1. The average molecular weight is 348 g/mol. The first-order chi connectivity index (χ1) is 12.4. The van der Waals surface area contributed by atoms with Crippen molar-refractivity contribution in [2.24, 2.45) is 10.5 Å². The molecule has 1 aliphatic heterocycles. The highest BCUT2D eigenvalue weighted by atomic mass is 16.3. The highest BCUT2D eigenvalue weighted by Crippen LogP contribution is 2.36. The standard InChI is InChI=1S/C20H20N4O2/c1-20(2,3)19(25)24-17(12-16(23-24)18-5-4-10-26-18)13-6-7-14-15(11-13)22-9-8-21-14/h4-11,17H,12H2,1-3H3. The van der Waals surface area contributed by atoms with Gasteiger partial charge in [0.1, 0.15) is 11.5 Å². The van der Waals surface area contributed by atoms with Crippen LogP contribution in [0, 0.1) is 5.41 Å². The number of carbonyl (C=O) groups is 1. The van der Waals surface area contributed by atoms with Gasteiger partial charge >= 0.3 is 0 Å². The van der Waals surface area contributed by atoms with Gasteiger partial charge in [-0.3, -0.25) is 14.8 Å². The van der Waals surface area contributed by atoms with Crippen LogP contribution in [-0.2, 0) is 4.79 Å². The summed E-state index contributed by atoms with van der Waals surface area (Å²) in [5.74, 6) is 0.670. The molecule has 0 N–H and O–H groups in total. The molecule has 6 nitrogen and oxygen atoms in total. The number of hydrogen-bond acceptors (Lipinski definition) is 5. The van der Waals surface area contributed by atoms with Crippen molar-refractivity contribution in [1.82, 2.24) is 15.0 Å². The lowest BCUT2D eigenvalue weighted by Gasteiger charge is -2.28. The Morgan fingerprint density at radius 2 is 1.92 bits per heavy atom. The lowest BCUT2D eigenvalue weighted by atomic mass is 9.93. The molecule has 1 atom stereocenters. The fraction of sp³-hybridized carbons (Fsp3) is 0.300. The Balaban J connectivity index is 1.76. The van der Waals surface area contributed by atoms with E-state index in [9.17, 15) is 4.79 Å². The van der Waals surface area contributed by atoms with Crippen molar-refractivity contribution in [3.63, 3.8) is 0 Å². The molecule has 2 aromatic heterocycles. The van der Waals surface area contributed by atoms with E-state index in [2.05, 4.69) is 15.1 Å². The quantitative estimate of drug-likeness (QED) is 0.703. The van der Waals surface area contributed by atoms with Crippen molar-refractivity contribution in [2.75, 3.05) is 0 Å². The van der Waals surface area contributed by atoms with Crippen LogP contribution in [0.1, 0.15) is 44.6 Å². The molecule has 3 heterocycles. The number of carbonyl (C=O) groups excluding carboxylic acids is 1. The van der Waals surface area contributed by atoms with Gasteiger partial charge in [0.2, 0.25) is 5.91 Å². The van der Waals surface area contributed by atoms with E-state index in [0.717, 1.165) is 22.3 Å². The van der Waals surface area contributed by atoms with Crippen molar-refractivity contribution >= 4 is 22.7 Å². The van der Waals surface area contributed by atoms with Gasteiger partial charge in [0.15, 0.2) is 0 Å². The number of benzene rings is 1. The molecule has 0 saturated heterocycles. The molecular formula is C20H20N4O2. The lowest BCUT2D eigenvalue weighted by molar-refractivity contribution is -0.141. The van der Waals surface area contributed by atoms with Crippen molar-refractivity contribution < 1.29 is 9.21 Å². The van der Waals surface area contributed by atoms with Crippen LogP contribution >= 0.6 is 0 Å². The number of amides is 1. The third kappa shape index (κ3) is 2.87. The molecule has 1 unspecified atom stereocenters. The number of rotatable bonds is 2. The second-order valence-corrected chi connectivity index (χ2v) is 7.45. The second kappa shape index (κ2) is 6.05. The minimum Gasteiger partial charge on any atom is -0.463 e. The van der Waals surface area contributed by atoms with Gasteiger partial charge in [0.05, 0.1) is 23.3 Å². The molecule has 6 heteroatoms. The summed E-state index contributed by atoms with van der Waals surface area (Å²) in [7, 11) is 0. The third-order valence-electron chi connectivity index (χ3n) is 4.44. The maximum atomic E-state index is 13.0. The van der Waals surface area contributed by atoms with Crippen LogP contribution in [0.3, 0.4) is 0 Å². The molecule has 132 valence electrons. The monoisotopic (exact) mass is 348 g/mol. The average Bonchev–Trinajstić information content (AvgIpc) is 3.29. The van der Waals surface area contributed by atoms with Crippen molar-refractivity contribution in [2.45, 2.75) is 33.2 Å². The van der Waals surface area contributed by atoms with Crippen LogP contribution < -0.4 is 0 Å². The van der Waals surface area contributed by atoms with E-state index in [0.29, 0.717) is 12.2 Å². The number of hydrazone groups is 1. The lowest BCUT2D eigenvalue weighted by Crippen LogP contribution is -2.36. The Morgan fingerprint density at radius 1 is 1.15 bits per heavy atom. The van der Waals surface area contributed by atoms with Crippen molar-refractivity contribution in [3.8, 4) is 0 Å². The summed E-state index contributed by atoms with van der Waals surface area (Å²) in [4.78, 5) is 21.7. The molecule has 1 aliphatic rings. The van der Waals surface area contributed by atoms with Crippen LogP contribution in [0.5, 0.6) is 0 Å². The largest absolute Gasteiger partial charge is 0.463 e. The molecule has 0 bridgehead atoms. The van der Waals surface area contributed by atoms with Gasteiger partial charge in [-0.05, 0) is 29.8 Å². The zero-order valence-electron chi connectivity index (χ0n) is 15.0. The first kappa shape index (κ1) is 16.4. The topological polar surface area (TPSA) is 71.6 Å². The molecule has 0 aliphatic carbocycles. The second-order valence-electron chi connectivity index (χ2n) is 7.45. The molecule has 26 heavy (non-hydrogen) atoms. The molecule has 0 radical (unpaired) electrons. The predicted octanol–water partition coefficient (Wildman–Crippen LogP) is 3.95. The van der Waals surface area contributed by atoms with Gasteiger partial charge < -0.3 is 4.42 Å². The predicted molar refractivity (Wildman–Crippen MR) is 98.4 cm³/mol. The normalized spacial score (nSPS) is 17.6. The van der Waals surface area contributed by atoms with Crippen LogP contribution in [0.15, 0.2) is 58.5 Å². The van der Waals surface area contributed by atoms with Gasteiger partial charge in [-0.2, -0.15) is 5.10 Å². The first-order valence-corrected chi connectivity index (χ1v) is 8.59. The van der Waals surface area contributed by atoms with E-state index in [1.54, 1.807) is 23.7 Å². The Labute approximate surface area is 151 Å². The number of hydrogen-bond donors (Lipinski definition) is 0. The first-order valence-electron chi connectivity index (χ1n) is 8.59. The zero-order chi connectivity index (χ0) is 18.3. The highest BCUT2D eigenvalue weighted by Gasteiger charge is 2.38. The molecule has 4 rings (SSSR count).